The molecule has 1 aliphatic rings. The number of aliphatic hydroxyl groups excluding tert-OH is 1. The molecular weight excluding hydrogens is 310 g/mol. The van der Waals surface area contributed by atoms with Gasteiger partial charge in [-0.15, -0.1) is 0 Å². The first-order chi connectivity index (χ1) is 10.8. The molecule has 6 heteroatoms. The van der Waals surface area contributed by atoms with Gasteiger partial charge >= 0.3 is 0 Å². The van der Waals surface area contributed by atoms with Crippen LogP contribution in [-0.2, 0) is 9.47 Å². The number of hydrogen-bond acceptors (Lipinski definition) is 6. The van der Waals surface area contributed by atoms with Gasteiger partial charge in [0.05, 0.1) is 30.5 Å². The van der Waals surface area contributed by atoms with E-state index in [0.29, 0.717) is 12.8 Å². The average molecular weight is 347 g/mol. The highest BCUT2D eigenvalue weighted by atomic mass is 16.6. The van der Waals surface area contributed by atoms with Crippen LogP contribution in [0, 0.1) is 5.41 Å². The number of rotatable bonds is 7. The van der Waals surface area contributed by atoms with Gasteiger partial charge in [0.1, 0.15) is 11.2 Å². The van der Waals surface area contributed by atoms with Crippen LogP contribution in [0.15, 0.2) is 0 Å². The summed E-state index contributed by atoms with van der Waals surface area (Å²) in [6.45, 7) is 13.3. The van der Waals surface area contributed by atoms with Gasteiger partial charge in [-0.05, 0) is 40.5 Å². The van der Waals surface area contributed by atoms with E-state index >= 15 is 0 Å². The maximum atomic E-state index is 11.4. The van der Waals surface area contributed by atoms with E-state index in [0.717, 1.165) is 0 Å². The van der Waals surface area contributed by atoms with E-state index in [1.165, 1.54) is 0 Å². The van der Waals surface area contributed by atoms with E-state index < -0.39 is 33.9 Å². The van der Waals surface area contributed by atoms with Gasteiger partial charge in [-0.1, -0.05) is 20.8 Å². The zero-order valence-corrected chi connectivity index (χ0v) is 16.3. The van der Waals surface area contributed by atoms with Crippen LogP contribution in [-0.4, -0.2) is 63.6 Å². The normalized spacial score (nSPS) is 47.6. The van der Waals surface area contributed by atoms with Gasteiger partial charge in [0.25, 0.3) is 0 Å². The summed E-state index contributed by atoms with van der Waals surface area (Å²) in [7, 11) is 0. The molecule has 0 amide bonds. The van der Waals surface area contributed by atoms with Gasteiger partial charge < -0.3 is 30.5 Å². The maximum absolute atomic E-state index is 11.4. The predicted molar refractivity (Wildman–Crippen MR) is 93.7 cm³/mol. The van der Waals surface area contributed by atoms with Crippen molar-refractivity contribution in [3.63, 3.8) is 0 Å². The highest BCUT2D eigenvalue weighted by Crippen LogP contribution is 2.60. The molecular formula is C18H37NO5. The van der Waals surface area contributed by atoms with Crippen molar-refractivity contribution >= 4 is 0 Å². The van der Waals surface area contributed by atoms with Gasteiger partial charge in [0.2, 0.25) is 0 Å². The third kappa shape index (κ3) is 2.91. The summed E-state index contributed by atoms with van der Waals surface area (Å²) >= 11 is 0. The van der Waals surface area contributed by atoms with Crippen molar-refractivity contribution in [1.82, 2.24) is 0 Å². The molecule has 144 valence electrons. The fraction of sp³-hybridized carbons (Fsp3) is 1.00. The molecule has 1 heterocycles. The van der Waals surface area contributed by atoms with E-state index in [9.17, 15) is 15.3 Å². The van der Waals surface area contributed by atoms with Crippen LogP contribution in [0.3, 0.4) is 0 Å². The summed E-state index contributed by atoms with van der Waals surface area (Å²) < 4.78 is 12.1. The molecule has 6 unspecified atom stereocenters. The van der Waals surface area contributed by atoms with Crippen LogP contribution < -0.4 is 5.73 Å². The Labute approximate surface area is 146 Å². The second-order valence-electron chi connectivity index (χ2n) is 8.15. The first-order valence-electron chi connectivity index (χ1n) is 8.89. The third-order valence-corrected chi connectivity index (χ3v) is 7.01. The molecule has 0 aromatic rings. The lowest BCUT2D eigenvalue weighted by molar-refractivity contribution is -0.391. The van der Waals surface area contributed by atoms with Gasteiger partial charge in [-0.2, -0.15) is 0 Å². The summed E-state index contributed by atoms with van der Waals surface area (Å²) in [4.78, 5) is 0. The molecule has 0 radical (unpaired) electrons. The lowest BCUT2D eigenvalue weighted by Gasteiger charge is -2.68. The lowest BCUT2D eigenvalue weighted by Crippen LogP contribution is -2.81. The minimum atomic E-state index is -1.43. The van der Waals surface area contributed by atoms with Crippen molar-refractivity contribution in [3.05, 3.63) is 0 Å². The van der Waals surface area contributed by atoms with Crippen molar-refractivity contribution in [2.75, 3.05) is 19.8 Å². The monoisotopic (exact) mass is 347 g/mol. The molecule has 24 heavy (non-hydrogen) atoms. The predicted octanol–water partition coefficient (Wildman–Crippen LogP) is 1.20. The molecule has 0 aromatic heterocycles. The molecule has 0 spiro atoms. The zero-order chi connectivity index (χ0) is 19.0. The average Bonchev–Trinajstić information content (AvgIpc) is 2.51. The van der Waals surface area contributed by atoms with E-state index in [-0.39, 0.29) is 19.8 Å². The number of hydrogen-bond donors (Lipinski definition) is 4. The van der Waals surface area contributed by atoms with Crippen LogP contribution >= 0.6 is 0 Å². The summed E-state index contributed by atoms with van der Waals surface area (Å²) in [5, 5.41) is 32.2. The van der Waals surface area contributed by atoms with Crippen LogP contribution in [0.4, 0.5) is 0 Å². The van der Waals surface area contributed by atoms with Gasteiger partial charge in [0, 0.05) is 12.0 Å². The van der Waals surface area contributed by atoms with Gasteiger partial charge in [-0.3, -0.25) is 0 Å². The Morgan fingerprint density at radius 3 is 1.92 bits per heavy atom. The van der Waals surface area contributed by atoms with Crippen LogP contribution in [0.25, 0.3) is 0 Å². The second-order valence-corrected chi connectivity index (χ2v) is 8.15. The smallest absolute Gasteiger partial charge is 0.119 e. The molecule has 0 bridgehead atoms. The Hall–Kier alpha value is -0.240. The quantitative estimate of drug-likeness (QED) is 0.551. The van der Waals surface area contributed by atoms with Crippen molar-refractivity contribution in [1.29, 1.82) is 0 Å². The molecule has 5 N–H and O–H groups in total. The molecule has 0 saturated carbocycles. The van der Waals surface area contributed by atoms with Gasteiger partial charge in [0.15, 0.2) is 0 Å². The summed E-state index contributed by atoms with van der Waals surface area (Å²) in [5.74, 6) is 0. The van der Waals surface area contributed by atoms with Crippen molar-refractivity contribution in [3.8, 4) is 0 Å². The fourth-order valence-electron chi connectivity index (χ4n) is 4.06. The Morgan fingerprint density at radius 1 is 0.958 bits per heavy atom. The zero-order valence-electron chi connectivity index (χ0n) is 16.3. The topological polar surface area (TPSA) is 105 Å². The summed E-state index contributed by atoms with van der Waals surface area (Å²) in [5.41, 5.74) is 0.0439. The third-order valence-electron chi connectivity index (χ3n) is 7.01. The minimum absolute atomic E-state index is 0.108. The van der Waals surface area contributed by atoms with Crippen LogP contribution in [0.5, 0.6) is 0 Å². The van der Waals surface area contributed by atoms with Crippen molar-refractivity contribution in [2.45, 2.75) is 89.8 Å². The second kappa shape index (κ2) is 6.82. The Morgan fingerprint density at radius 2 is 1.50 bits per heavy atom. The van der Waals surface area contributed by atoms with Crippen molar-refractivity contribution < 1.29 is 24.8 Å². The largest absolute Gasteiger partial charge is 0.389 e. The minimum Gasteiger partial charge on any atom is -0.389 e. The Bertz CT molecular complexity index is 441. The molecule has 0 aliphatic carbocycles. The first-order valence-corrected chi connectivity index (χ1v) is 8.89. The molecule has 1 fully saturated rings. The number of nitrogens with two attached hydrogens (primary N) is 1. The first kappa shape index (κ1) is 21.8. The molecule has 1 aliphatic heterocycles. The van der Waals surface area contributed by atoms with Crippen molar-refractivity contribution in [2.24, 2.45) is 11.1 Å². The van der Waals surface area contributed by atoms with E-state index in [2.05, 4.69) is 0 Å². The summed E-state index contributed by atoms with van der Waals surface area (Å²) in [6, 6.07) is 0. The van der Waals surface area contributed by atoms with E-state index in [1.807, 2.05) is 34.6 Å². The maximum Gasteiger partial charge on any atom is 0.119 e. The molecule has 1 rings (SSSR count). The van der Waals surface area contributed by atoms with E-state index in [1.54, 1.807) is 13.8 Å². The SMILES string of the molecule is CCC1(C)OC(C)(COCC(O)CN)C(C)(CC)C(C)(O)C1(C)O. The Balaban J connectivity index is 3.26. The molecule has 1 saturated heterocycles. The lowest BCUT2D eigenvalue weighted by atomic mass is 9.51. The standard InChI is InChI=1S/C18H37NO5/c1-8-14(3)16(5,12-23-11-13(20)10-19)24-15(4,9-2)18(7,22)17(14,6)21/h13,20-22H,8-12,19H2,1-7H3. The van der Waals surface area contributed by atoms with E-state index in [4.69, 9.17) is 15.2 Å². The van der Waals surface area contributed by atoms with Crippen LogP contribution in [0.2, 0.25) is 0 Å². The Kier molecular flexibility index (Phi) is 6.19. The summed E-state index contributed by atoms with van der Waals surface area (Å²) in [6.07, 6.45) is 0.401. The highest BCUT2D eigenvalue weighted by Gasteiger charge is 2.72. The molecule has 6 atom stereocenters. The fourth-order valence-corrected chi connectivity index (χ4v) is 4.06. The number of ether oxygens (including phenoxy) is 2. The number of aliphatic hydroxyl groups is 3. The molecule has 6 nitrogen and oxygen atoms in total. The van der Waals surface area contributed by atoms with Crippen LogP contribution in [0.1, 0.15) is 61.3 Å². The molecule has 0 aromatic carbocycles. The van der Waals surface area contributed by atoms with Gasteiger partial charge in [-0.25, -0.2) is 0 Å². The highest BCUT2D eigenvalue weighted by molar-refractivity contribution is 5.21.